The van der Waals surface area contributed by atoms with Crippen LogP contribution in [0.5, 0.6) is 0 Å². The number of halogens is 1. The van der Waals surface area contributed by atoms with Gasteiger partial charge in [0, 0.05) is 5.88 Å². The van der Waals surface area contributed by atoms with Gasteiger partial charge < -0.3 is 4.74 Å². The normalized spacial score (nSPS) is 11.9. The lowest BCUT2D eigenvalue weighted by atomic mass is 9.87. The highest BCUT2D eigenvalue weighted by Crippen LogP contribution is 2.32. The molecule has 0 aliphatic heterocycles. The smallest absolute Gasteiger partial charge is 0.188 e. The second-order valence-electron chi connectivity index (χ2n) is 5.13. The molecule has 3 heteroatoms. The van der Waals surface area contributed by atoms with Crippen LogP contribution in [0.4, 0.5) is 0 Å². The first-order valence-corrected chi connectivity index (χ1v) is 8.23. The van der Waals surface area contributed by atoms with Crippen molar-refractivity contribution in [2.45, 2.75) is 25.7 Å². The van der Waals surface area contributed by atoms with Gasteiger partial charge in [0.05, 0.1) is 12.5 Å². The van der Waals surface area contributed by atoms with Crippen molar-refractivity contribution in [2.75, 3.05) is 12.5 Å². The minimum absolute atomic E-state index is 0.0462. The van der Waals surface area contributed by atoms with Gasteiger partial charge in [0.2, 0.25) is 0 Å². The van der Waals surface area contributed by atoms with Crippen molar-refractivity contribution in [3.8, 4) is 11.1 Å². The molecule has 0 aromatic heterocycles. The monoisotopic (exact) mass is 315 g/mol. The molecule has 2 aromatic rings. The van der Waals surface area contributed by atoms with Crippen LogP contribution in [0.2, 0.25) is 0 Å². The fourth-order valence-electron chi connectivity index (χ4n) is 2.65. The summed E-state index contributed by atoms with van der Waals surface area (Å²) in [4.78, 5) is 0. The molecule has 0 spiro atoms. The van der Waals surface area contributed by atoms with Crippen LogP contribution in [0.1, 0.15) is 31.2 Å². The largest absolute Gasteiger partial charge is 0.481 e. The van der Waals surface area contributed by atoms with Gasteiger partial charge in [-0.3, -0.25) is 5.41 Å². The Morgan fingerprint density at radius 1 is 1.09 bits per heavy atom. The average molecular weight is 316 g/mol. The Hall–Kier alpha value is -1.80. The number of alkyl halides is 1. The molecule has 0 aliphatic rings. The van der Waals surface area contributed by atoms with Crippen LogP contribution in [-0.2, 0) is 4.74 Å². The molecular weight excluding hydrogens is 294 g/mol. The molecule has 1 unspecified atom stereocenters. The predicted octanol–water partition coefficient (Wildman–Crippen LogP) is 5.47. The first-order chi connectivity index (χ1) is 10.8. The van der Waals surface area contributed by atoms with Crippen molar-refractivity contribution in [3.05, 3.63) is 60.2 Å². The zero-order chi connectivity index (χ0) is 15.8. The molecule has 0 aliphatic carbocycles. The SMILES string of the molecule is CCOC(=N)C(CCCCl)c1ccccc1-c1ccccc1. The Kier molecular flexibility index (Phi) is 6.47. The summed E-state index contributed by atoms with van der Waals surface area (Å²) in [5.74, 6) is 0.884. The van der Waals surface area contributed by atoms with Crippen molar-refractivity contribution in [1.82, 2.24) is 0 Å². The zero-order valence-electron chi connectivity index (χ0n) is 12.9. The van der Waals surface area contributed by atoms with E-state index in [2.05, 4.69) is 24.3 Å². The van der Waals surface area contributed by atoms with Gasteiger partial charge in [-0.05, 0) is 36.5 Å². The molecule has 0 amide bonds. The Morgan fingerprint density at radius 3 is 2.45 bits per heavy atom. The van der Waals surface area contributed by atoms with E-state index >= 15 is 0 Å². The zero-order valence-corrected chi connectivity index (χ0v) is 13.6. The van der Waals surface area contributed by atoms with Crippen LogP contribution >= 0.6 is 11.6 Å². The summed E-state index contributed by atoms with van der Waals surface area (Å²) in [6, 6.07) is 18.5. The van der Waals surface area contributed by atoms with Gasteiger partial charge in [0.1, 0.15) is 0 Å². The first kappa shape index (κ1) is 16.6. The molecular formula is C19H22ClNO. The third-order valence-electron chi connectivity index (χ3n) is 3.66. The summed E-state index contributed by atoms with van der Waals surface area (Å²) in [5.41, 5.74) is 3.46. The molecule has 0 heterocycles. The summed E-state index contributed by atoms with van der Waals surface area (Å²) in [5, 5.41) is 8.26. The minimum atomic E-state index is -0.0462. The fourth-order valence-corrected chi connectivity index (χ4v) is 2.80. The van der Waals surface area contributed by atoms with Crippen LogP contribution in [0.25, 0.3) is 11.1 Å². The van der Waals surface area contributed by atoms with Crippen LogP contribution < -0.4 is 0 Å². The van der Waals surface area contributed by atoms with Gasteiger partial charge >= 0.3 is 0 Å². The van der Waals surface area contributed by atoms with Crippen LogP contribution in [0, 0.1) is 5.41 Å². The summed E-state index contributed by atoms with van der Waals surface area (Å²) in [6.45, 7) is 2.43. The third-order valence-corrected chi connectivity index (χ3v) is 3.93. The molecule has 1 N–H and O–H groups in total. The fraction of sp³-hybridized carbons (Fsp3) is 0.316. The molecule has 2 aromatic carbocycles. The Labute approximate surface area is 137 Å². The van der Waals surface area contributed by atoms with Crippen molar-refractivity contribution in [1.29, 1.82) is 5.41 Å². The summed E-state index contributed by atoms with van der Waals surface area (Å²) >= 11 is 5.86. The lowest BCUT2D eigenvalue weighted by molar-refractivity contribution is 0.305. The summed E-state index contributed by atoms with van der Waals surface area (Å²) in [6.07, 6.45) is 1.69. The highest BCUT2D eigenvalue weighted by atomic mass is 35.5. The quantitative estimate of drug-likeness (QED) is 0.410. The number of benzene rings is 2. The van der Waals surface area contributed by atoms with E-state index in [1.807, 2.05) is 37.3 Å². The van der Waals surface area contributed by atoms with Crippen LogP contribution in [0.15, 0.2) is 54.6 Å². The number of ether oxygens (including phenoxy) is 1. The maximum atomic E-state index is 8.26. The molecule has 0 radical (unpaired) electrons. The van der Waals surface area contributed by atoms with Crippen molar-refractivity contribution in [3.63, 3.8) is 0 Å². The van der Waals surface area contributed by atoms with Gasteiger partial charge in [-0.15, -0.1) is 11.6 Å². The number of hydrogen-bond acceptors (Lipinski definition) is 2. The lowest BCUT2D eigenvalue weighted by Crippen LogP contribution is -2.16. The standard InChI is InChI=1S/C19H22ClNO/c1-2-22-19(21)18(13-8-14-20)17-12-7-6-11-16(17)15-9-4-3-5-10-15/h3-7,9-12,18,21H,2,8,13-14H2,1H3. The molecule has 2 rings (SSSR count). The Morgan fingerprint density at radius 2 is 1.77 bits per heavy atom. The molecule has 2 nitrogen and oxygen atoms in total. The number of hydrogen-bond donors (Lipinski definition) is 1. The van der Waals surface area contributed by atoms with Gasteiger partial charge in [-0.1, -0.05) is 54.6 Å². The van der Waals surface area contributed by atoms with Crippen LogP contribution in [0.3, 0.4) is 0 Å². The summed E-state index contributed by atoms with van der Waals surface area (Å²) < 4.78 is 5.49. The highest BCUT2D eigenvalue weighted by Gasteiger charge is 2.21. The van der Waals surface area contributed by atoms with Crippen molar-refractivity contribution in [2.24, 2.45) is 0 Å². The van der Waals surface area contributed by atoms with Gasteiger partial charge in [0.25, 0.3) is 0 Å². The Bertz CT molecular complexity index is 597. The topological polar surface area (TPSA) is 33.1 Å². The van der Waals surface area contributed by atoms with Crippen molar-refractivity contribution < 1.29 is 4.74 Å². The lowest BCUT2D eigenvalue weighted by Gasteiger charge is -2.21. The minimum Gasteiger partial charge on any atom is -0.481 e. The van der Waals surface area contributed by atoms with E-state index in [0.29, 0.717) is 18.4 Å². The molecule has 0 saturated heterocycles. The van der Waals surface area contributed by atoms with E-state index in [-0.39, 0.29) is 5.92 Å². The molecule has 116 valence electrons. The highest BCUT2D eigenvalue weighted by molar-refractivity contribution is 6.17. The maximum Gasteiger partial charge on any atom is 0.188 e. The van der Waals surface area contributed by atoms with E-state index in [4.69, 9.17) is 21.7 Å². The number of nitrogens with one attached hydrogen (secondary N) is 1. The van der Waals surface area contributed by atoms with E-state index in [1.54, 1.807) is 0 Å². The van der Waals surface area contributed by atoms with E-state index in [9.17, 15) is 0 Å². The Balaban J connectivity index is 2.41. The van der Waals surface area contributed by atoms with Gasteiger partial charge in [-0.2, -0.15) is 0 Å². The van der Waals surface area contributed by atoms with Crippen molar-refractivity contribution >= 4 is 17.5 Å². The third kappa shape index (κ3) is 4.11. The molecule has 0 saturated carbocycles. The molecule has 22 heavy (non-hydrogen) atoms. The maximum absolute atomic E-state index is 8.26. The van der Waals surface area contributed by atoms with E-state index < -0.39 is 0 Å². The van der Waals surface area contributed by atoms with Crippen LogP contribution in [-0.4, -0.2) is 18.4 Å². The van der Waals surface area contributed by atoms with E-state index in [1.165, 1.54) is 5.56 Å². The second kappa shape index (κ2) is 8.60. The predicted molar refractivity (Wildman–Crippen MR) is 93.9 cm³/mol. The van der Waals surface area contributed by atoms with E-state index in [0.717, 1.165) is 24.0 Å². The number of rotatable bonds is 7. The second-order valence-corrected chi connectivity index (χ2v) is 5.51. The molecule has 0 bridgehead atoms. The summed E-state index contributed by atoms with van der Waals surface area (Å²) in [7, 11) is 0. The molecule has 0 fully saturated rings. The first-order valence-electron chi connectivity index (χ1n) is 7.69. The molecule has 1 atom stereocenters. The van der Waals surface area contributed by atoms with Gasteiger partial charge in [-0.25, -0.2) is 0 Å². The average Bonchev–Trinajstić information content (AvgIpc) is 2.57. The van der Waals surface area contributed by atoms with Gasteiger partial charge in [0.15, 0.2) is 5.90 Å².